The van der Waals surface area contributed by atoms with Crippen molar-refractivity contribution in [2.45, 2.75) is 32.1 Å². The molecule has 0 fully saturated rings. The van der Waals surface area contributed by atoms with Crippen molar-refractivity contribution < 1.29 is 19.8 Å². The third kappa shape index (κ3) is 13.1. The molecule has 0 amide bonds. The fourth-order valence-electron chi connectivity index (χ4n) is 0.729. The summed E-state index contributed by atoms with van der Waals surface area (Å²) in [7, 11) is 0. The summed E-state index contributed by atoms with van der Waals surface area (Å²) >= 11 is 0. The van der Waals surface area contributed by atoms with E-state index < -0.39 is 11.9 Å². The Kier molecular flexibility index (Phi) is 12.0. The zero-order valence-corrected chi connectivity index (χ0v) is 6.25. The van der Waals surface area contributed by atoms with E-state index in [1.165, 1.54) is 0 Å². The summed E-state index contributed by atoms with van der Waals surface area (Å²) in [5, 5.41) is 16.4. The molecular weight excluding hydrogens is 285 g/mol. The molecule has 0 aromatic heterocycles. The first-order valence-electron chi connectivity index (χ1n) is 3.56. The molecule has 0 heterocycles. The molecule has 0 spiro atoms. The van der Waals surface area contributed by atoms with Gasteiger partial charge in [-0.05, 0) is 12.8 Å². The number of unbranched alkanes of at least 4 members (excludes halogenated alkanes) is 2. The SMILES string of the molecule is O=C(O)CCCCCC(=O)O.[BaH2]. The number of carbonyl (C=O) groups is 2. The van der Waals surface area contributed by atoms with Crippen molar-refractivity contribution in [1.82, 2.24) is 0 Å². The monoisotopic (exact) mass is 300 g/mol. The van der Waals surface area contributed by atoms with E-state index in [0.29, 0.717) is 19.3 Å². The number of aliphatic carboxylic acids is 2. The molecule has 0 aliphatic carbocycles. The van der Waals surface area contributed by atoms with E-state index in [1.54, 1.807) is 0 Å². The van der Waals surface area contributed by atoms with Crippen LogP contribution in [0.4, 0.5) is 0 Å². The van der Waals surface area contributed by atoms with Crippen molar-refractivity contribution in [2.24, 2.45) is 0 Å². The van der Waals surface area contributed by atoms with Gasteiger partial charge in [0.25, 0.3) is 0 Å². The second-order valence-electron chi connectivity index (χ2n) is 2.35. The van der Waals surface area contributed by atoms with Crippen LogP contribution in [0, 0.1) is 0 Å². The molecule has 0 atom stereocenters. The summed E-state index contributed by atoms with van der Waals surface area (Å²) in [6.07, 6.45) is 2.10. The molecule has 0 saturated carbocycles. The number of rotatable bonds is 6. The van der Waals surface area contributed by atoms with Crippen molar-refractivity contribution in [3.63, 3.8) is 0 Å². The molecule has 12 heavy (non-hydrogen) atoms. The fraction of sp³-hybridized carbons (Fsp3) is 0.714. The summed E-state index contributed by atoms with van der Waals surface area (Å²) in [5.74, 6) is -1.64. The van der Waals surface area contributed by atoms with Gasteiger partial charge in [-0.1, -0.05) is 6.42 Å². The Hall–Kier alpha value is 0.511. The summed E-state index contributed by atoms with van der Waals surface area (Å²) in [6.45, 7) is 0. The van der Waals surface area contributed by atoms with Crippen molar-refractivity contribution in [1.29, 1.82) is 0 Å². The van der Waals surface area contributed by atoms with Gasteiger partial charge in [-0.3, -0.25) is 9.59 Å². The first kappa shape index (κ1) is 15.0. The maximum atomic E-state index is 9.98. The van der Waals surface area contributed by atoms with Gasteiger partial charge in [-0.15, -0.1) is 0 Å². The van der Waals surface area contributed by atoms with E-state index >= 15 is 0 Å². The number of carboxylic acids is 2. The minimum atomic E-state index is -0.819. The van der Waals surface area contributed by atoms with Crippen LogP contribution < -0.4 is 0 Å². The molecule has 0 aromatic rings. The first-order valence-corrected chi connectivity index (χ1v) is 3.56. The van der Waals surface area contributed by atoms with Gasteiger partial charge in [-0.2, -0.15) is 0 Å². The van der Waals surface area contributed by atoms with E-state index in [-0.39, 0.29) is 61.7 Å². The third-order valence-corrected chi connectivity index (χ3v) is 1.28. The average molecular weight is 300 g/mol. The molecule has 68 valence electrons. The van der Waals surface area contributed by atoms with Crippen molar-refractivity contribution in [3.05, 3.63) is 0 Å². The van der Waals surface area contributed by atoms with Gasteiger partial charge >= 0.3 is 60.8 Å². The molecule has 0 bridgehead atoms. The molecular formula is C7H14BaO4. The summed E-state index contributed by atoms with van der Waals surface area (Å²) < 4.78 is 0. The molecule has 2 N–H and O–H groups in total. The Morgan fingerprint density at radius 3 is 1.42 bits per heavy atom. The van der Waals surface area contributed by atoms with Gasteiger partial charge in [0.1, 0.15) is 0 Å². The van der Waals surface area contributed by atoms with Gasteiger partial charge in [0.15, 0.2) is 0 Å². The van der Waals surface area contributed by atoms with Crippen LogP contribution in [0.1, 0.15) is 32.1 Å². The molecule has 0 unspecified atom stereocenters. The number of hydrogen-bond donors (Lipinski definition) is 2. The van der Waals surface area contributed by atoms with Crippen LogP contribution in [0.15, 0.2) is 0 Å². The topological polar surface area (TPSA) is 74.6 Å². The predicted molar refractivity (Wildman–Crippen MR) is 46.9 cm³/mol. The zero-order valence-electron chi connectivity index (χ0n) is 6.25. The van der Waals surface area contributed by atoms with Gasteiger partial charge in [0.05, 0.1) is 0 Å². The second kappa shape index (κ2) is 9.60. The maximum absolute atomic E-state index is 9.98. The third-order valence-electron chi connectivity index (χ3n) is 1.28. The summed E-state index contributed by atoms with van der Waals surface area (Å²) in [6, 6.07) is 0. The first-order chi connectivity index (χ1) is 5.13. The van der Waals surface area contributed by atoms with Crippen LogP contribution in [0.25, 0.3) is 0 Å². The zero-order chi connectivity index (χ0) is 8.69. The Bertz CT molecular complexity index is 130. The van der Waals surface area contributed by atoms with E-state index in [9.17, 15) is 9.59 Å². The molecule has 4 nitrogen and oxygen atoms in total. The van der Waals surface area contributed by atoms with Crippen LogP contribution >= 0.6 is 0 Å². The van der Waals surface area contributed by atoms with Crippen molar-refractivity contribution >= 4 is 60.8 Å². The number of hydrogen-bond acceptors (Lipinski definition) is 2. The summed E-state index contributed by atoms with van der Waals surface area (Å²) in [4.78, 5) is 20.0. The molecule has 0 radical (unpaired) electrons. The minimum absolute atomic E-state index is 0. The predicted octanol–water partition coefficient (Wildman–Crippen LogP) is 0.190. The molecule has 0 aliphatic heterocycles. The van der Waals surface area contributed by atoms with E-state index in [0.717, 1.165) is 0 Å². The van der Waals surface area contributed by atoms with Crippen molar-refractivity contribution in [3.8, 4) is 0 Å². The van der Waals surface area contributed by atoms with Gasteiger partial charge in [0, 0.05) is 12.8 Å². The quantitative estimate of drug-likeness (QED) is 0.542. The van der Waals surface area contributed by atoms with E-state index in [1.807, 2.05) is 0 Å². The van der Waals surface area contributed by atoms with E-state index in [2.05, 4.69) is 0 Å². The van der Waals surface area contributed by atoms with Crippen molar-refractivity contribution in [2.75, 3.05) is 0 Å². The molecule has 0 aliphatic rings. The van der Waals surface area contributed by atoms with Gasteiger partial charge in [0.2, 0.25) is 0 Å². The average Bonchev–Trinajstić information content (AvgIpc) is 1.85. The Morgan fingerprint density at radius 1 is 0.833 bits per heavy atom. The van der Waals surface area contributed by atoms with Crippen LogP contribution in [0.3, 0.4) is 0 Å². The standard InChI is InChI=1S/C7H12O4.Ba.2H/c8-6(9)4-2-1-3-5-7(10)11;;;/h1-5H2,(H,8,9)(H,10,11);;;. The van der Waals surface area contributed by atoms with Crippen LogP contribution in [-0.2, 0) is 9.59 Å². The van der Waals surface area contributed by atoms with E-state index in [4.69, 9.17) is 10.2 Å². The Morgan fingerprint density at radius 2 is 1.17 bits per heavy atom. The molecule has 0 aromatic carbocycles. The Labute approximate surface area is 111 Å². The molecule has 0 rings (SSSR count). The van der Waals surface area contributed by atoms with Gasteiger partial charge < -0.3 is 10.2 Å². The van der Waals surface area contributed by atoms with Crippen LogP contribution in [0.2, 0.25) is 0 Å². The summed E-state index contributed by atoms with van der Waals surface area (Å²) in [5.41, 5.74) is 0. The molecule has 5 heteroatoms. The molecule has 0 saturated heterocycles. The fourth-order valence-corrected chi connectivity index (χ4v) is 0.729. The van der Waals surface area contributed by atoms with Gasteiger partial charge in [-0.25, -0.2) is 0 Å². The Balaban J connectivity index is 0. The van der Waals surface area contributed by atoms with Crippen LogP contribution in [0.5, 0.6) is 0 Å². The second-order valence-corrected chi connectivity index (χ2v) is 2.35. The number of carboxylic acid groups (broad SMARTS) is 2. The van der Waals surface area contributed by atoms with Crippen LogP contribution in [-0.4, -0.2) is 71.0 Å². The normalized spacial score (nSPS) is 8.67.